The first-order chi connectivity index (χ1) is 12.5. The molecule has 0 unspecified atom stereocenters. The van der Waals surface area contributed by atoms with Crippen LogP contribution in [0.4, 0.5) is 0 Å². The average Bonchev–Trinajstić information content (AvgIpc) is 2.94. The van der Waals surface area contributed by atoms with Gasteiger partial charge in [-0.1, -0.05) is 0 Å². The molecule has 2 amide bonds. The fourth-order valence-electron chi connectivity index (χ4n) is 4.89. The predicted molar refractivity (Wildman–Crippen MR) is 101 cm³/mol. The summed E-state index contributed by atoms with van der Waals surface area (Å²) in [6, 6.07) is -0.0723. The smallest absolute Gasteiger partial charge is 0.243 e. The van der Waals surface area contributed by atoms with Crippen molar-refractivity contribution in [2.24, 2.45) is 11.8 Å². The summed E-state index contributed by atoms with van der Waals surface area (Å²) in [7, 11) is 0. The Balaban J connectivity index is 1.43. The van der Waals surface area contributed by atoms with Crippen molar-refractivity contribution in [2.75, 3.05) is 19.6 Å². The highest BCUT2D eigenvalue weighted by atomic mass is 32.1. The second-order valence-electron chi connectivity index (χ2n) is 7.91. The molecule has 2 bridgehead atoms. The van der Waals surface area contributed by atoms with Crippen LogP contribution in [-0.4, -0.2) is 53.4 Å². The van der Waals surface area contributed by atoms with Gasteiger partial charge in [0.05, 0.1) is 10.7 Å². The van der Waals surface area contributed by atoms with E-state index in [1.165, 1.54) is 4.88 Å². The van der Waals surface area contributed by atoms with Crippen molar-refractivity contribution in [1.29, 1.82) is 0 Å². The minimum Gasteiger partial charge on any atom is -0.354 e. The van der Waals surface area contributed by atoms with E-state index in [9.17, 15) is 9.59 Å². The SMILES string of the molecule is Cc1nc(CCNC(=O)[C@H]2[C@@H]3CNC[C@@H](C3)[C@@H]3CCCC(=O)N32)sc1C. The number of piperidine rings is 3. The highest BCUT2D eigenvalue weighted by Gasteiger charge is 2.50. The van der Waals surface area contributed by atoms with E-state index in [0.717, 1.165) is 49.5 Å². The van der Waals surface area contributed by atoms with E-state index in [4.69, 9.17) is 0 Å². The molecule has 1 aromatic heterocycles. The van der Waals surface area contributed by atoms with Gasteiger partial charge in [-0.2, -0.15) is 0 Å². The lowest BCUT2D eigenvalue weighted by Gasteiger charge is -2.53. The summed E-state index contributed by atoms with van der Waals surface area (Å²) in [5, 5.41) is 7.64. The number of aryl methyl sites for hydroxylation is 2. The Bertz CT molecular complexity index is 684. The number of aromatic nitrogens is 1. The van der Waals surface area contributed by atoms with Gasteiger partial charge in [-0.3, -0.25) is 9.59 Å². The lowest BCUT2D eigenvalue weighted by Crippen LogP contribution is -2.68. The normalized spacial score (nSPS) is 30.8. The summed E-state index contributed by atoms with van der Waals surface area (Å²) < 4.78 is 0. The third-order valence-electron chi connectivity index (χ3n) is 6.22. The lowest BCUT2D eigenvalue weighted by atomic mass is 9.72. The summed E-state index contributed by atoms with van der Waals surface area (Å²) in [6.07, 6.45) is 4.39. The summed E-state index contributed by atoms with van der Waals surface area (Å²) in [4.78, 5) is 33.4. The van der Waals surface area contributed by atoms with Crippen molar-refractivity contribution in [1.82, 2.24) is 20.5 Å². The molecule has 3 aliphatic rings. The molecule has 1 aromatic rings. The Morgan fingerprint density at radius 2 is 2.15 bits per heavy atom. The first kappa shape index (κ1) is 17.9. The van der Waals surface area contributed by atoms with Gasteiger partial charge in [0.1, 0.15) is 6.04 Å². The van der Waals surface area contributed by atoms with Crippen LogP contribution in [0.2, 0.25) is 0 Å². The monoisotopic (exact) mass is 376 g/mol. The van der Waals surface area contributed by atoms with Crippen LogP contribution in [0.3, 0.4) is 0 Å². The molecule has 4 rings (SSSR count). The van der Waals surface area contributed by atoms with Gasteiger partial charge in [-0.15, -0.1) is 11.3 Å². The largest absolute Gasteiger partial charge is 0.354 e. The van der Waals surface area contributed by atoms with E-state index < -0.39 is 0 Å². The second-order valence-corrected chi connectivity index (χ2v) is 9.20. The van der Waals surface area contributed by atoms with Gasteiger partial charge in [-0.25, -0.2) is 4.98 Å². The number of nitrogens with zero attached hydrogens (tertiary/aromatic N) is 2. The fraction of sp³-hybridized carbons (Fsp3) is 0.737. The first-order valence-corrected chi connectivity index (χ1v) is 10.6. The zero-order valence-electron chi connectivity index (χ0n) is 15.6. The maximum absolute atomic E-state index is 13.0. The van der Waals surface area contributed by atoms with Crippen molar-refractivity contribution in [3.8, 4) is 0 Å². The van der Waals surface area contributed by atoms with Crippen molar-refractivity contribution in [2.45, 2.75) is 58.0 Å². The molecule has 3 aliphatic heterocycles. The number of nitrogens with one attached hydrogen (secondary N) is 2. The van der Waals surface area contributed by atoms with Crippen LogP contribution in [0, 0.1) is 25.7 Å². The van der Waals surface area contributed by atoms with E-state index >= 15 is 0 Å². The van der Waals surface area contributed by atoms with E-state index in [1.807, 2.05) is 11.8 Å². The van der Waals surface area contributed by atoms with Gasteiger partial charge in [0.2, 0.25) is 11.8 Å². The Labute approximate surface area is 158 Å². The van der Waals surface area contributed by atoms with Crippen LogP contribution in [-0.2, 0) is 16.0 Å². The van der Waals surface area contributed by atoms with Crippen LogP contribution >= 0.6 is 11.3 Å². The van der Waals surface area contributed by atoms with Gasteiger partial charge in [0.15, 0.2) is 0 Å². The summed E-state index contributed by atoms with van der Waals surface area (Å²) in [5.74, 6) is 0.922. The number of carbonyl (C=O) groups is 2. The maximum atomic E-state index is 13.0. The van der Waals surface area contributed by atoms with Gasteiger partial charge in [0, 0.05) is 42.8 Å². The molecule has 0 aliphatic carbocycles. The number of rotatable bonds is 4. The quantitative estimate of drug-likeness (QED) is 0.833. The number of hydrogen-bond acceptors (Lipinski definition) is 5. The number of fused-ring (bicyclic) bond motifs is 4. The molecule has 0 aromatic carbocycles. The summed E-state index contributed by atoms with van der Waals surface area (Å²) >= 11 is 1.70. The number of hydrogen-bond donors (Lipinski definition) is 2. The molecule has 3 saturated heterocycles. The third-order valence-corrected chi connectivity index (χ3v) is 7.36. The van der Waals surface area contributed by atoms with Crippen LogP contribution in [0.15, 0.2) is 0 Å². The average molecular weight is 377 g/mol. The molecule has 142 valence electrons. The summed E-state index contributed by atoms with van der Waals surface area (Å²) in [5.41, 5.74) is 1.07. The van der Waals surface area contributed by atoms with Gasteiger partial charge in [-0.05, 0) is 45.6 Å². The Kier molecular flexibility index (Phi) is 5.01. The first-order valence-electron chi connectivity index (χ1n) is 9.77. The standard InChI is InChI=1S/C19H28N4O2S/c1-11-12(2)26-16(22-11)6-7-21-19(25)18-14-8-13(9-20-10-14)15-4-3-5-17(24)23(15)18/h13-15,18,20H,3-10H2,1-2H3,(H,21,25)/t13-,14+,15+,18-/m1/s1. The molecule has 3 fully saturated rings. The molecule has 0 radical (unpaired) electrons. The molecule has 0 saturated carbocycles. The predicted octanol–water partition coefficient (Wildman–Crippen LogP) is 1.41. The second kappa shape index (κ2) is 7.27. The zero-order chi connectivity index (χ0) is 18.3. The molecule has 4 heterocycles. The number of amides is 2. The van der Waals surface area contributed by atoms with Gasteiger partial charge < -0.3 is 15.5 Å². The minimum absolute atomic E-state index is 0.0161. The number of carbonyl (C=O) groups excluding carboxylic acids is 2. The van der Waals surface area contributed by atoms with Crippen molar-refractivity contribution in [3.63, 3.8) is 0 Å². The van der Waals surface area contributed by atoms with E-state index in [1.54, 1.807) is 11.3 Å². The molecule has 4 atom stereocenters. The van der Waals surface area contributed by atoms with Crippen LogP contribution in [0.5, 0.6) is 0 Å². The molecule has 26 heavy (non-hydrogen) atoms. The third kappa shape index (κ3) is 3.27. The lowest BCUT2D eigenvalue weighted by molar-refractivity contribution is -0.157. The highest BCUT2D eigenvalue weighted by Crippen LogP contribution is 2.39. The van der Waals surface area contributed by atoms with E-state index in [-0.39, 0.29) is 29.8 Å². The van der Waals surface area contributed by atoms with Crippen molar-refractivity contribution >= 4 is 23.2 Å². The Hall–Kier alpha value is -1.47. The Morgan fingerprint density at radius 3 is 2.92 bits per heavy atom. The molecular formula is C19H28N4O2S. The summed E-state index contributed by atoms with van der Waals surface area (Å²) in [6.45, 7) is 6.48. The molecule has 7 heteroatoms. The maximum Gasteiger partial charge on any atom is 0.243 e. The topological polar surface area (TPSA) is 74.3 Å². The van der Waals surface area contributed by atoms with Gasteiger partial charge >= 0.3 is 0 Å². The highest BCUT2D eigenvalue weighted by molar-refractivity contribution is 7.11. The zero-order valence-corrected chi connectivity index (χ0v) is 16.4. The van der Waals surface area contributed by atoms with E-state index in [2.05, 4.69) is 22.5 Å². The molecule has 2 N–H and O–H groups in total. The van der Waals surface area contributed by atoms with Gasteiger partial charge in [0.25, 0.3) is 0 Å². The van der Waals surface area contributed by atoms with Crippen LogP contribution < -0.4 is 10.6 Å². The van der Waals surface area contributed by atoms with Crippen molar-refractivity contribution in [3.05, 3.63) is 15.6 Å². The minimum atomic E-state index is -0.309. The molecular weight excluding hydrogens is 348 g/mol. The Morgan fingerprint density at radius 1 is 1.35 bits per heavy atom. The van der Waals surface area contributed by atoms with Crippen LogP contribution in [0.1, 0.15) is 41.3 Å². The fourth-order valence-corrected chi connectivity index (χ4v) is 5.83. The number of thiazole rings is 1. The van der Waals surface area contributed by atoms with Crippen molar-refractivity contribution < 1.29 is 9.59 Å². The molecule has 6 nitrogen and oxygen atoms in total. The van der Waals surface area contributed by atoms with Crippen LogP contribution in [0.25, 0.3) is 0 Å². The van der Waals surface area contributed by atoms with E-state index in [0.29, 0.717) is 18.9 Å². The molecule has 0 spiro atoms.